The molecule has 0 aliphatic rings. The maximum Gasteiger partial charge on any atom is 0.111 e. The molecule has 19 heavy (non-hydrogen) atoms. The second-order valence-corrected chi connectivity index (χ2v) is 6.98. The van der Waals surface area contributed by atoms with Crippen LogP contribution in [0.4, 0.5) is 0 Å². The third-order valence-corrected chi connectivity index (χ3v) is 4.64. The van der Waals surface area contributed by atoms with Gasteiger partial charge in [0.15, 0.2) is 0 Å². The molecule has 0 radical (unpaired) electrons. The van der Waals surface area contributed by atoms with Crippen LogP contribution in [0.5, 0.6) is 0 Å². The fraction of sp³-hybridized carbons (Fsp3) is 0.500. The molecule has 0 saturated carbocycles. The van der Waals surface area contributed by atoms with Gasteiger partial charge in [-0.3, -0.25) is 0 Å². The molecule has 2 aromatic rings. The summed E-state index contributed by atoms with van der Waals surface area (Å²) in [6.45, 7) is 3.28. The highest BCUT2D eigenvalue weighted by Gasteiger charge is 2.13. The molecule has 1 unspecified atom stereocenters. The van der Waals surface area contributed by atoms with Crippen LogP contribution in [0, 0.1) is 5.92 Å². The molecule has 0 saturated heterocycles. The molecule has 104 valence electrons. The van der Waals surface area contributed by atoms with E-state index in [1.165, 1.54) is 5.52 Å². The molecule has 0 N–H and O–H groups in total. The van der Waals surface area contributed by atoms with Crippen molar-refractivity contribution >= 4 is 50.3 Å². The van der Waals surface area contributed by atoms with Crippen molar-refractivity contribution < 1.29 is 0 Å². The zero-order valence-corrected chi connectivity index (χ0v) is 14.4. The van der Waals surface area contributed by atoms with Crippen molar-refractivity contribution in [2.75, 3.05) is 17.9 Å². The molecule has 2 rings (SSSR count). The van der Waals surface area contributed by atoms with E-state index in [0.717, 1.165) is 34.5 Å². The van der Waals surface area contributed by atoms with Crippen LogP contribution in [0.25, 0.3) is 11.0 Å². The summed E-state index contributed by atoms with van der Waals surface area (Å²) in [6, 6.07) is 6.24. The third-order valence-electron chi connectivity index (χ3n) is 3.05. The molecule has 0 fully saturated rings. The lowest BCUT2D eigenvalue weighted by Crippen LogP contribution is -2.13. The molecule has 0 aliphatic carbocycles. The van der Waals surface area contributed by atoms with Gasteiger partial charge in [0.05, 0.1) is 11.0 Å². The van der Waals surface area contributed by atoms with Crippen LogP contribution in [-0.4, -0.2) is 27.4 Å². The number of fused-ring (bicyclic) bond motifs is 1. The number of alkyl halides is 1. The Morgan fingerprint density at radius 2 is 2.26 bits per heavy atom. The van der Waals surface area contributed by atoms with Gasteiger partial charge in [-0.25, -0.2) is 4.98 Å². The van der Waals surface area contributed by atoms with Crippen LogP contribution in [0.15, 0.2) is 22.7 Å². The predicted octanol–water partition coefficient (Wildman–Crippen LogP) is 4.58. The normalized spacial score (nSPS) is 13.1. The van der Waals surface area contributed by atoms with E-state index in [9.17, 15) is 0 Å². The van der Waals surface area contributed by atoms with Crippen molar-refractivity contribution in [3.05, 3.63) is 28.5 Å². The molecular formula is C14H18BrClN2S. The van der Waals surface area contributed by atoms with Gasteiger partial charge in [-0.15, -0.1) is 11.6 Å². The maximum absolute atomic E-state index is 5.90. The quantitative estimate of drug-likeness (QED) is 0.701. The van der Waals surface area contributed by atoms with Crippen molar-refractivity contribution in [2.45, 2.75) is 19.9 Å². The average molecular weight is 362 g/mol. The number of hydrogen-bond acceptors (Lipinski definition) is 2. The largest absolute Gasteiger partial charge is 0.328 e. The minimum absolute atomic E-state index is 0.613. The molecule has 0 spiro atoms. The van der Waals surface area contributed by atoms with E-state index in [0.29, 0.717) is 11.8 Å². The van der Waals surface area contributed by atoms with Crippen molar-refractivity contribution in [1.29, 1.82) is 0 Å². The van der Waals surface area contributed by atoms with Gasteiger partial charge in [0.1, 0.15) is 5.82 Å². The Hall–Kier alpha value is -0.190. The Kier molecular flexibility index (Phi) is 5.60. The van der Waals surface area contributed by atoms with Gasteiger partial charge < -0.3 is 4.57 Å². The summed E-state index contributed by atoms with van der Waals surface area (Å²) in [7, 11) is 0. The first-order valence-electron chi connectivity index (χ1n) is 6.35. The number of imidazole rings is 1. The van der Waals surface area contributed by atoms with Gasteiger partial charge in [0.2, 0.25) is 0 Å². The molecular weight excluding hydrogens is 344 g/mol. The van der Waals surface area contributed by atoms with Crippen LogP contribution >= 0.6 is 39.3 Å². The fourth-order valence-electron chi connectivity index (χ4n) is 2.27. The molecule has 1 aromatic heterocycles. The summed E-state index contributed by atoms with van der Waals surface area (Å²) in [4.78, 5) is 4.71. The standard InChI is InChI=1S/C14H18BrClN2S/c1-10(9-19-2)8-18-13-7-11(15)3-4-12(13)17-14(18)5-6-16/h3-4,7,10H,5-6,8-9H2,1-2H3. The highest BCUT2D eigenvalue weighted by atomic mass is 79.9. The summed E-state index contributed by atoms with van der Waals surface area (Å²) in [5.41, 5.74) is 2.25. The number of aromatic nitrogens is 2. The Balaban J connectivity index is 2.41. The lowest BCUT2D eigenvalue weighted by Gasteiger charge is -2.14. The predicted molar refractivity (Wildman–Crippen MR) is 89.4 cm³/mol. The zero-order chi connectivity index (χ0) is 13.8. The molecule has 0 amide bonds. The molecule has 1 atom stereocenters. The molecule has 0 bridgehead atoms. The van der Waals surface area contributed by atoms with E-state index >= 15 is 0 Å². The van der Waals surface area contributed by atoms with E-state index in [2.05, 4.69) is 45.8 Å². The molecule has 1 aromatic carbocycles. The summed E-state index contributed by atoms with van der Waals surface area (Å²) in [6.07, 6.45) is 2.97. The van der Waals surface area contributed by atoms with Crippen LogP contribution in [0.3, 0.4) is 0 Å². The summed E-state index contributed by atoms with van der Waals surface area (Å²) in [5.74, 6) is 3.49. The second-order valence-electron chi connectivity index (χ2n) is 4.77. The van der Waals surface area contributed by atoms with Crippen LogP contribution in [-0.2, 0) is 13.0 Å². The van der Waals surface area contributed by atoms with E-state index in [1.54, 1.807) is 0 Å². The molecule has 2 nitrogen and oxygen atoms in total. The average Bonchev–Trinajstić information content (AvgIpc) is 2.68. The first kappa shape index (κ1) is 15.2. The van der Waals surface area contributed by atoms with Crippen LogP contribution in [0.1, 0.15) is 12.7 Å². The van der Waals surface area contributed by atoms with Crippen LogP contribution < -0.4 is 0 Å². The van der Waals surface area contributed by atoms with Crippen molar-refractivity contribution in [2.24, 2.45) is 5.92 Å². The summed E-state index contributed by atoms with van der Waals surface area (Å²) < 4.78 is 3.42. The smallest absolute Gasteiger partial charge is 0.111 e. The van der Waals surface area contributed by atoms with Gasteiger partial charge in [-0.2, -0.15) is 11.8 Å². The first-order chi connectivity index (χ1) is 9.15. The topological polar surface area (TPSA) is 17.8 Å². The van der Waals surface area contributed by atoms with Gasteiger partial charge in [0.25, 0.3) is 0 Å². The molecule has 0 aliphatic heterocycles. The van der Waals surface area contributed by atoms with Crippen molar-refractivity contribution in [3.63, 3.8) is 0 Å². The van der Waals surface area contributed by atoms with E-state index in [1.807, 2.05) is 17.8 Å². The Morgan fingerprint density at radius 1 is 1.47 bits per heavy atom. The Morgan fingerprint density at radius 3 is 2.95 bits per heavy atom. The van der Waals surface area contributed by atoms with Gasteiger partial charge in [-0.1, -0.05) is 22.9 Å². The number of thioether (sulfide) groups is 1. The number of rotatable bonds is 6. The summed E-state index contributed by atoms with van der Waals surface area (Å²) in [5, 5.41) is 0. The first-order valence-corrected chi connectivity index (χ1v) is 9.07. The molecule has 1 heterocycles. The maximum atomic E-state index is 5.90. The van der Waals surface area contributed by atoms with Gasteiger partial charge >= 0.3 is 0 Å². The highest BCUT2D eigenvalue weighted by Crippen LogP contribution is 2.23. The van der Waals surface area contributed by atoms with Gasteiger partial charge in [0, 0.05) is 23.3 Å². The minimum Gasteiger partial charge on any atom is -0.328 e. The van der Waals surface area contributed by atoms with Gasteiger partial charge in [-0.05, 0) is 36.1 Å². The number of hydrogen-bond donors (Lipinski definition) is 0. The number of halogens is 2. The van der Waals surface area contributed by atoms with E-state index < -0.39 is 0 Å². The lowest BCUT2D eigenvalue weighted by atomic mass is 10.2. The highest BCUT2D eigenvalue weighted by molar-refractivity contribution is 9.10. The zero-order valence-electron chi connectivity index (χ0n) is 11.2. The molecule has 5 heteroatoms. The lowest BCUT2D eigenvalue weighted by molar-refractivity contribution is 0.526. The number of nitrogens with zero attached hydrogens (tertiary/aromatic N) is 2. The Labute approximate surface area is 132 Å². The van der Waals surface area contributed by atoms with Crippen molar-refractivity contribution in [1.82, 2.24) is 9.55 Å². The number of aryl methyl sites for hydroxylation is 1. The fourth-order valence-corrected chi connectivity index (χ4v) is 3.47. The van der Waals surface area contributed by atoms with E-state index in [4.69, 9.17) is 16.6 Å². The third kappa shape index (κ3) is 3.67. The SMILES string of the molecule is CSCC(C)Cn1c(CCCl)nc2ccc(Br)cc21. The van der Waals surface area contributed by atoms with Crippen molar-refractivity contribution in [3.8, 4) is 0 Å². The van der Waals surface area contributed by atoms with Crippen LogP contribution in [0.2, 0.25) is 0 Å². The second kappa shape index (κ2) is 7.00. The number of benzene rings is 1. The minimum atomic E-state index is 0.613. The van der Waals surface area contributed by atoms with E-state index in [-0.39, 0.29) is 0 Å². The Bertz CT molecular complexity index is 556. The summed E-state index contributed by atoms with van der Waals surface area (Å²) >= 11 is 11.3. The monoisotopic (exact) mass is 360 g/mol.